The van der Waals surface area contributed by atoms with Gasteiger partial charge in [0.15, 0.2) is 11.5 Å². The molecule has 0 unspecified atom stereocenters. The number of nitrogens with zero attached hydrogens (tertiary/aromatic N) is 1. The van der Waals surface area contributed by atoms with Crippen LogP contribution in [-0.4, -0.2) is 25.5 Å². The average Bonchev–Trinajstić information content (AvgIpc) is 3.29. The largest absolute Gasteiger partial charge is 0.497 e. The van der Waals surface area contributed by atoms with Crippen molar-refractivity contribution in [2.45, 2.75) is 6.54 Å². The van der Waals surface area contributed by atoms with Crippen molar-refractivity contribution in [3.8, 4) is 11.5 Å². The van der Waals surface area contributed by atoms with E-state index in [-0.39, 0.29) is 24.8 Å². The van der Waals surface area contributed by atoms with Crippen LogP contribution in [0.3, 0.4) is 0 Å². The third-order valence-electron chi connectivity index (χ3n) is 4.57. The van der Waals surface area contributed by atoms with E-state index in [9.17, 15) is 9.59 Å². The summed E-state index contributed by atoms with van der Waals surface area (Å²) < 4.78 is 16.3. The first-order chi connectivity index (χ1) is 14.6. The van der Waals surface area contributed by atoms with Gasteiger partial charge in [-0.3, -0.25) is 14.5 Å². The van der Waals surface area contributed by atoms with E-state index < -0.39 is 5.91 Å². The molecule has 152 valence electrons. The molecule has 1 aromatic heterocycles. The zero-order valence-electron chi connectivity index (χ0n) is 16.3. The number of para-hydroxylation sites is 2. The van der Waals surface area contributed by atoms with E-state index in [2.05, 4.69) is 5.32 Å². The number of anilines is 1. The molecule has 4 rings (SSSR count). The summed E-state index contributed by atoms with van der Waals surface area (Å²) in [6, 6.07) is 17.9. The van der Waals surface area contributed by atoms with Crippen LogP contribution in [0.2, 0.25) is 0 Å². The van der Waals surface area contributed by atoms with Crippen LogP contribution in [0.15, 0.2) is 77.1 Å². The topological polar surface area (TPSA) is 81.0 Å². The van der Waals surface area contributed by atoms with E-state index in [1.165, 1.54) is 4.90 Å². The molecule has 30 heavy (non-hydrogen) atoms. The van der Waals surface area contributed by atoms with Gasteiger partial charge >= 0.3 is 0 Å². The molecule has 2 aromatic carbocycles. The Hall–Kier alpha value is -4.00. The number of furan rings is 1. The minimum absolute atomic E-state index is 0.126. The number of carbonyl (C=O) groups excluding carboxylic acids is 2. The maximum Gasteiger partial charge on any atom is 0.294 e. The van der Waals surface area contributed by atoms with Crippen molar-refractivity contribution in [2.24, 2.45) is 0 Å². The lowest BCUT2D eigenvalue weighted by atomic mass is 10.1. The molecule has 1 N–H and O–H groups in total. The molecule has 1 aliphatic rings. The number of ether oxygens (including phenoxy) is 2. The molecule has 0 saturated heterocycles. The molecular formula is C23H20N2O5. The number of amides is 2. The van der Waals surface area contributed by atoms with E-state index in [0.717, 1.165) is 5.56 Å². The first-order valence-corrected chi connectivity index (χ1v) is 9.37. The zero-order valence-corrected chi connectivity index (χ0v) is 16.3. The van der Waals surface area contributed by atoms with Gasteiger partial charge < -0.3 is 19.2 Å². The van der Waals surface area contributed by atoms with Crippen molar-refractivity contribution >= 4 is 23.6 Å². The molecule has 0 saturated carbocycles. The van der Waals surface area contributed by atoms with Crippen LogP contribution < -0.4 is 19.7 Å². The fraction of sp³-hybridized carbons (Fsp3) is 0.130. The highest BCUT2D eigenvalue weighted by atomic mass is 16.5. The van der Waals surface area contributed by atoms with E-state index in [1.54, 1.807) is 55.8 Å². The molecule has 0 aliphatic carbocycles. The number of nitrogens with one attached hydrogen (secondary N) is 1. The third-order valence-corrected chi connectivity index (χ3v) is 4.57. The van der Waals surface area contributed by atoms with Gasteiger partial charge in [0.25, 0.3) is 5.91 Å². The molecule has 2 heterocycles. The van der Waals surface area contributed by atoms with Crippen molar-refractivity contribution in [1.82, 2.24) is 5.32 Å². The molecular weight excluding hydrogens is 384 g/mol. The van der Waals surface area contributed by atoms with Gasteiger partial charge in [0.05, 0.1) is 25.6 Å². The van der Waals surface area contributed by atoms with Crippen LogP contribution in [0.5, 0.6) is 11.5 Å². The Bertz CT molecular complexity index is 1090. The van der Waals surface area contributed by atoms with Crippen LogP contribution in [0, 0.1) is 0 Å². The summed E-state index contributed by atoms with van der Waals surface area (Å²) in [5.41, 5.74) is 1.29. The lowest BCUT2D eigenvalue weighted by Gasteiger charge is -2.30. The summed E-state index contributed by atoms with van der Waals surface area (Å²) in [7, 11) is 1.58. The molecule has 2 amide bonds. The molecule has 3 aromatic rings. The fourth-order valence-corrected chi connectivity index (χ4v) is 3.10. The van der Waals surface area contributed by atoms with Gasteiger partial charge in [-0.15, -0.1) is 0 Å². The quantitative estimate of drug-likeness (QED) is 0.637. The average molecular weight is 404 g/mol. The molecule has 1 aliphatic heterocycles. The maximum absolute atomic E-state index is 13.1. The van der Waals surface area contributed by atoms with E-state index in [4.69, 9.17) is 13.9 Å². The smallest absolute Gasteiger partial charge is 0.294 e. The zero-order chi connectivity index (χ0) is 20.9. The summed E-state index contributed by atoms with van der Waals surface area (Å²) in [6.45, 7) is 0.105. The van der Waals surface area contributed by atoms with E-state index in [1.807, 2.05) is 24.3 Å². The Morgan fingerprint density at radius 2 is 2.00 bits per heavy atom. The number of rotatable bonds is 6. The lowest BCUT2D eigenvalue weighted by Crippen LogP contribution is -2.44. The molecule has 0 bridgehead atoms. The Morgan fingerprint density at radius 3 is 2.80 bits per heavy atom. The van der Waals surface area contributed by atoms with Gasteiger partial charge in [0.1, 0.15) is 18.1 Å². The lowest BCUT2D eigenvalue weighted by molar-refractivity contribution is -0.123. The minimum atomic E-state index is -0.398. The normalized spacial score (nSPS) is 14.2. The van der Waals surface area contributed by atoms with Gasteiger partial charge in [0.2, 0.25) is 5.91 Å². The van der Waals surface area contributed by atoms with Crippen molar-refractivity contribution in [3.63, 3.8) is 0 Å². The van der Waals surface area contributed by atoms with Gasteiger partial charge in [-0.2, -0.15) is 0 Å². The van der Waals surface area contributed by atoms with Crippen LogP contribution in [0.1, 0.15) is 11.3 Å². The molecule has 7 heteroatoms. The Morgan fingerprint density at radius 1 is 1.13 bits per heavy atom. The van der Waals surface area contributed by atoms with E-state index >= 15 is 0 Å². The summed E-state index contributed by atoms with van der Waals surface area (Å²) in [5.74, 6) is 1.23. The summed E-state index contributed by atoms with van der Waals surface area (Å²) in [4.78, 5) is 27.0. The predicted octanol–water partition coefficient (Wildman–Crippen LogP) is 3.37. The number of hydrogen-bond acceptors (Lipinski definition) is 5. The predicted molar refractivity (Wildman–Crippen MR) is 111 cm³/mol. The number of benzene rings is 2. The minimum Gasteiger partial charge on any atom is -0.497 e. The molecule has 0 atom stereocenters. The number of carbonyl (C=O) groups is 2. The maximum atomic E-state index is 13.1. The van der Waals surface area contributed by atoms with Crippen molar-refractivity contribution < 1.29 is 23.5 Å². The van der Waals surface area contributed by atoms with Crippen molar-refractivity contribution in [3.05, 3.63) is 84.0 Å². The third kappa shape index (κ3) is 4.20. The molecule has 0 radical (unpaired) electrons. The van der Waals surface area contributed by atoms with Gasteiger partial charge in [-0.25, -0.2) is 0 Å². The Balaban J connectivity index is 1.57. The van der Waals surface area contributed by atoms with Crippen LogP contribution in [0.4, 0.5) is 5.69 Å². The highest BCUT2D eigenvalue weighted by Gasteiger charge is 2.31. The van der Waals surface area contributed by atoms with Crippen molar-refractivity contribution in [1.29, 1.82) is 0 Å². The second-order valence-electron chi connectivity index (χ2n) is 6.60. The molecule has 7 nitrogen and oxygen atoms in total. The SMILES string of the molecule is COc1cccc(/C=C2/Oc3ccccc3N(CC(=O)NCc3ccco3)C2=O)c1. The van der Waals surface area contributed by atoms with Gasteiger partial charge in [0, 0.05) is 0 Å². The summed E-state index contributed by atoms with van der Waals surface area (Å²) >= 11 is 0. The van der Waals surface area contributed by atoms with Crippen LogP contribution >= 0.6 is 0 Å². The van der Waals surface area contributed by atoms with Gasteiger partial charge in [-0.05, 0) is 48.0 Å². The van der Waals surface area contributed by atoms with Crippen LogP contribution in [-0.2, 0) is 16.1 Å². The Labute approximate surface area is 173 Å². The number of methoxy groups -OCH3 is 1. The second-order valence-corrected chi connectivity index (χ2v) is 6.60. The molecule has 0 fully saturated rings. The van der Waals surface area contributed by atoms with Crippen molar-refractivity contribution in [2.75, 3.05) is 18.6 Å². The number of hydrogen-bond donors (Lipinski definition) is 1. The standard InChI is InChI=1S/C23H20N2O5/c1-28-17-7-4-6-16(12-17)13-21-23(27)25(19-9-2-3-10-20(19)30-21)15-22(26)24-14-18-8-5-11-29-18/h2-13H,14-15H2,1H3,(H,24,26)/b21-13+. The number of fused-ring (bicyclic) bond motifs is 1. The highest BCUT2D eigenvalue weighted by molar-refractivity contribution is 6.12. The van der Waals surface area contributed by atoms with Crippen LogP contribution in [0.25, 0.3) is 6.08 Å². The first-order valence-electron chi connectivity index (χ1n) is 9.37. The fourth-order valence-electron chi connectivity index (χ4n) is 3.10. The van der Waals surface area contributed by atoms with E-state index in [0.29, 0.717) is 22.9 Å². The first kappa shape index (κ1) is 19.3. The van der Waals surface area contributed by atoms with Gasteiger partial charge in [-0.1, -0.05) is 24.3 Å². The summed E-state index contributed by atoms with van der Waals surface area (Å²) in [5, 5.41) is 2.76. The summed E-state index contributed by atoms with van der Waals surface area (Å²) in [6.07, 6.45) is 3.17. The molecule has 0 spiro atoms. The monoisotopic (exact) mass is 404 g/mol. The highest BCUT2D eigenvalue weighted by Crippen LogP contribution is 2.35. The second kappa shape index (κ2) is 8.57. The Kier molecular flexibility index (Phi) is 5.52.